The fraction of sp³-hybridized carbons (Fsp3) is 0.696. The second-order valence-electron chi connectivity index (χ2n) is 9.85. The van der Waals surface area contributed by atoms with Crippen LogP contribution in [0.25, 0.3) is 0 Å². The van der Waals surface area contributed by atoms with Crippen LogP contribution < -0.4 is 0 Å². The summed E-state index contributed by atoms with van der Waals surface area (Å²) >= 11 is 12.6. The molecular weight excluding hydrogens is 409 g/mol. The summed E-state index contributed by atoms with van der Waals surface area (Å²) in [5.74, 6) is 0.355. The Labute approximate surface area is 184 Å². The fourth-order valence-electron chi connectivity index (χ4n) is 4.87. The van der Waals surface area contributed by atoms with Crippen molar-refractivity contribution < 1.29 is 14.3 Å². The Balaban J connectivity index is 1.87. The Hall–Kier alpha value is -0.970. The monoisotopic (exact) mass is 441 g/mol. The van der Waals surface area contributed by atoms with Gasteiger partial charge in [-0.2, -0.15) is 0 Å². The van der Waals surface area contributed by atoms with Crippen LogP contribution in [0, 0.1) is 5.92 Å². The van der Waals surface area contributed by atoms with E-state index in [2.05, 4.69) is 13.0 Å². The Morgan fingerprint density at radius 1 is 1.14 bits per heavy atom. The topological polar surface area (TPSA) is 38.8 Å². The predicted octanol–water partition coefficient (Wildman–Crippen LogP) is 6.47. The van der Waals surface area contributed by atoms with E-state index in [4.69, 9.17) is 32.7 Å². The van der Waals surface area contributed by atoms with Crippen molar-refractivity contribution >= 4 is 29.3 Å². The number of benzene rings is 1. The van der Waals surface area contributed by atoms with Crippen LogP contribution in [0.1, 0.15) is 65.4 Å². The molecule has 1 saturated heterocycles. The van der Waals surface area contributed by atoms with E-state index in [-0.39, 0.29) is 17.1 Å². The summed E-state index contributed by atoms with van der Waals surface area (Å²) in [6.45, 7) is 9.34. The van der Waals surface area contributed by atoms with Crippen molar-refractivity contribution in [1.82, 2.24) is 4.90 Å². The van der Waals surface area contributed by atoms with E-state index >= 15 is 0 Å². The molecule has 2 aliphatic rings. The number of carbonyl (C=O) groups excluding carboxylic acids is 1. The molecule has 1 amide bonds. The summed E-state index contributed by atoms with van der Waals surface area (Å²) in [4.78, 5) is 14.5. The maximum absolute atomic E-state index is 12.6. The van der Waals surface area contributed by atoms with Gasteiger partial charge in [0.05, 0.1) is 15.6 Å². The molecule has 6 heteroatoms. The average Bonchev–Trinajstić information content (AvgIpc) is 3.14. The van der Waals surface area contributed by atoms with E-state index < -0.39 is 5.60 Å². The number of nitrogens with zero attached hydrogens (tertiary/aromatic N) is 1. The van der Waals surface area contributed by atoms with Crippen molar-refractivity contribution in [3.05, 3.63) is 33.8 Å². The summed E-state index contributed by atoms with van der Waals surface area (Å²) in [7, 11) is 1.80. The molecule has 1 aliphatic heterocycles. The molecule has 1 aliphatic carbocycles. The minimum Gasteiger partial charge on any atom is -0.444 e. The maximum atomic E-state index is 12.6. The quantitative estimate of drug-likeness (QED) is 0.539. The first-order valence-electron chi connectivity index (χ1n) is 10.5. The molecule has 0 N–H and O–H groups in total. The van der Waals surface area contributed by atoms with E-state index in [1.807, 2.05) is 37.8 Å². The smallest absolute Gasteiger partial charge is 0.410 e. The average molecular weight is 442 g/mol. The van der Waals surface area contributed by atoms with Crippen LogP contribution in [0.5, 0.6) is 0 Å². The van der Waals surface area contributed by atoms with Crippen molar-refractivity contribution in [2.75, 3.05) is 20.2 Å². The summed E-state index contributed by atoms with van der Waals surface area (Å²) in [6, 6.07) is 6.03. The molecule has 2 fully saturated rings. The van der Waals surface area contributed by atoms with Crippen LogP contribution in [0.2, 0.25) is 10.0 Å². The molecule has 0 radical (unpaired) electrons. The third-order valence-electron chi connectivity index (χ3n) is 6.81. The van der Waals surface area contributed by atoms with Gasteiger partial charge in [-0.05, 0) is 83.4 Å². The van der Waals surface area contributed by atoms with Gasteiger partial charge in [-0.1, -0.05) is 29.3 Å². The molecule has 3 rings (SSSR count). The lowest BCUT2D eigenvalue weighted by molar-refractivity contribution is -0.0474. The molecule has 162 valence electrons. The lowest BCUT2D eigenvalue weighted by Crippen LogP contribution is -2.46. The minimum atomic E-state index is -0.484. The van der Waals surface area contributed by atoms with Gasteiger partial charge in [0.1, 0.15) is 5.60 Å². The molecule has 1 heterocycles. The SMILES string of the molecule is COC1(C)CCC(c2ccc(Cl)c(Cl)c2)([C@@H]2CCN(C(=O)OC(C)(C)C)C2)CC1. The van der Waals surface area contributed by atoms with Crippen molar-refractivity contribution in [2.45, 2.75) is 76.4 Å². The maximum Gasteiger partial charge on any atom is 0.410 e. The van der Waals surface area contributed by atoms with Gasteiger partial charge in [-0.25, -0.2) is 4.79 Å². The number of hydrogen-bond donors (Lipinski definition) is 0. The number of halogens is 2. The van der Waals surface area contributed by atoms with E-state index in [1.165, 1.54) is 5.56 Å². The highest BCUT2D eigenvalue weighted by Gasteiger charge is 2.49. The van der Waals surface area contributed by atoms with E-state index in [9.17, 15) is 4.79 Å². The highest BCUT2D eigenvalue weighted by molar-refractivity contribution is 6.42. The van der Waals surface area contributed by atoms with Crippen LogP contribution in [0.15, 0.2) is 18.2 Å². The summed E-state index contributed by atoms with van der Waals surface area (Å²) in [6.07, 6.45) is 4.70. The van der Waals surface area contributed by atoms with Gasteiger partial charge in [0.2, 0.25) is 0 Å². The molecule has 1 atom stereocenters. The van der Waals surface area contributed by atoms with Crippen molar-refractivity contribution in [3.8, 4) is 0 Å². The van der Waals surface area contributed by atoms with Crippen LogP contribution in [0.4, 0.5) is 4.79 Å². The third-order valence-corrected chi connectivity index (χ3v) is 7.55. The predicted molar refractivity (Wildman–Crippen MR) is 118 cm³/mol. The Kier molecular flexibility index (Phi) is 6.48. The van der Waals surface area contributed by atoms with Crippen molar-refractivity contribution in [1.29, 1.82) is 0 Å². The van der Waals surface area contributed by atoms with E-state index in [0.29, 0.717) is 22.5 Å². The molecule has 1 aromatic carbocycles. The lowest BCUT2D eigenvalue weighted by atomic mass is 9.59. The number of carbonyl (C=O) groups is 1. The largest absolute Gasteiger partial charge is 0.444 e. The zero-order valence-corrected chi connectivity index (χ0v) is 19.7. The first-order valence-corrected chi connectivity index (χ1v) is 11.2. The highest BCUT2D eigenvalue weighted by Crippen LogP contribution is 2.52. The Bertz CT molecular complexity index is 751. The third kappa shape index (κ3) is 4.86. The molecule has 0 bridgehead atoms. The van der Waals surface area contributed by atoms with Gasteiger partial charge < -0.3 is 14.4 Å². The second kappa shape index (κ2) is 8.28. The first-order chi connectivity index (χ1) is 13.5. The number of likely N-dealkylation sites (tertiary alicyclic amines) is 1. The number of ether oxygens (including phenoxy) is 2. The summed E-state index contributed by atoms with van der Waals surface area (Å²) in [5, 5.41) is 1.16. The van der Waals surface area contributed by atoms with Crippen LogP contribution in [-0.4, -0.2) is 42.4 Å². The lowest BCUT2D eigenvalue weighted by Gasteiger charge is -2.48. The molecule has 0 aromatic heterocycles. The van der Waals surface area contributed by atoms with Crippen LogP contribution >= 0.6 is 23.2 Å². The zero-order valence-electron chi connectivity index (χ0n) is 18.2. The van der Waals surface area contributed by atoms with Crippen molar-refractivity contribution in [2.24, 2.45) is 5.92 Å². The van der Waals surface area contributed by atoms with Crippen LogP contribution in [-0.2, 0) is 14.9 Å². The number of hydrogen-bond acceptors (Lipinski definition) is 3. The number of methoxy groups -OCH3 is 1. The summed E-state index contributed by atoms with van der Waals surface area (Å²) < 4.78 is 11.4. The highest BCUT2D eigenvalue weighted by atomic mass is 35.5. The van der Waals surface area contributed by atoms with Gasteiger partial charge in [0.15, 0.2) is 0 Å². The van der Waals surface area contributed by atoms with Gasteiger partial charge in [0.25, 0.3) is 0 Å². The second-order valence-corrected chi connectivity index (χ2v) is 10.7. The van der Waals surface area contributed by atoms with Gasteiger partial charge in [0, 0.05) is 25.6 Å². The Morgan fingerprint density at radius 2 is 1.79 bits per heavy atom. The molecule has 1 aromatic rings. The molecule has 0 spiro atoms. The normalized spacial score (nSPS) is 30.4. The molecule has 29 heavy (non-hydrogen) atoms. The van der Waals surface area contributed by atoms with Crippen LogP contribution in [0.3, 0.4) is 0 Å². The van der Waals surface area contributed by atoms with Gasteiger partial charge in [-0.15, -0.1) is 0 Å². The first kappa shape index (κ1) is 22.7. The minimum absolute atomic E-state index is 0.0387. The Morgan fingerprint density at radius 3 is 2.34 bits per heavy atom. The standard InChI is InChI=1S/C23H33Cl2NO3/c1-21(2,3)29-20(27)26-13-8-17(15-26)23(11-9-22(4,28-5)10-12-23)16-6-7-18(24)19(25)14-16/h6-7,14,17H,8-13,15H2,1-5H3/t17-,22?,23?/m1/s1. The number of rotatable bonds is 3. The van der Waals surface area contributed by atoms with Crippen molar-refractivity contribution in [3.63, 3.8) is 0 Å². The number of amides is 1. The zero-order chi connectivity index (χ0) is 21.4. The van der Waals surface area contributed by atoms with Gasteiger partial charge in [-0.3, -0.25) is 0 Å². The molecule has 0 unspecified atom stereocenters. The molecule has 4 nitrogen and oxygen atoms in total. The van der Waals surface area contributed by atoms with E-state index in [1.54, 1.807) is 7.11 Å². The molecular formula is C23H33Cl2NO3. The van der Waals surface area contributed by atoms with E-state index in [0.717, 1.165) is 38.6 Å². The summed E-state index contributed by atoms with van der Waals surface area (Å²) in [5.41, 5.74) is 0.606. The molecule has 1 saturated carbocycles. The van der Waals surface area contributed by atoms with Gasteiger partial charge >= 0.3 is 6.09 Å². The fourth-order valence-corrected chi connectivity index (χ4v) is 5.17.